The molecule has 0 unspecified atom stereocenters. The summed E-state index contributed by atoms with van der Waals surface area (Å²) in [6, 6.07) is 0. The van der Waals surface area contributed by atoms with E-state index >= 15 is 0 Å². The maximum Gasteiger partial charge on any atom is 0.0700 e. The van der Waals surface area contributed by atoms with Gasteiger partial charge in [-0.3, -0.25) is 0 Å². The minimum Gasteiger partial charge on any atom is -0.385 e. The summed E-state index contributed by atoms with van der Waals surface area (Å²) in [4.78, 5) is 0. The quantitative estimate of drug-likeness (QED) is 0.380. The number of methoxy groups -OCH3 is 1. The maximum atomic E-state index is 5.82. The molecule has 0 spiro atoms. The van der Waals surface area contributed by atoms with Gasteiger partial charge in [0.1, 0.15) is 0 Å². The van der Waals surface area contributed by atoms with Gasteiger partial charge in [0.15, 0.2) is 0 Å². The molecule has 0 aromatic rings. The van der Waals surface area contributed by atoms with Crippen LogP contribution in [0.2, 0.25) is 0 Å². The Morgan fingerprint density at radius 1 is 0.895 bits per heavy atom. The lowest BCUT2D eigenvalue weighted by molar-refractivity contribution is 0.00358. The fourth-order valence-electron chi connectivity index (χ4n) is 2.64. The molecule has 0 bridgehead atoms. The fourth-order valence-corrected chi connectivity index (χ4v) is 3.05. The average molecular weight is 290 g/mol. The van der Waals surface area contributed by atoms with Crippen LogP contribution in [0.5, 0.6) is 0 Å². The Labute approximate surface area is 123 Å². The molecule has 4 heteroatoms. The molecule has 3 nitrogen and oxygen atoms in total. The third kappa shape index (κ3) is 7.54. The molecule has 0 radical (unpaired) electrons. The molecule has 0 aromatic carbocycles. The van der Waals surface area contributed by atoms with Crippen molar-refractivity contribution in [3.8, 4) is 0 Å². The van der Waals surface area contributed by atoms with Gasteiger partial charge >= 0.3 is 0 Å². The molecule has 0 saturated heterocycles. The van der Waals surface area contributed by atoms with E-state index in [1.807, 2.05) is 0 Å². The monoisotopic (exact) mass is 290 g/mol. The highest BCUT2D eigenvalue weighted by atomic mass is 32.1. The molecule has 1 aliphatic carbocycles. The first-order valence-electron chi connectivity index (χ1n) is 7.58. The molecule has 0 aliphatic heterocycles. The van der Waals surface area contributed by atoms with E-state index in [4.69, 9.17) is 14.2 Å². The lowest BCUT2D eigenvalue weighted by Crippen LogP contribution is -2.29. The van der Waals surface area contributed by atoms with Gasteiger partial charge in [-0.2, -0.15) is 12.6 Å². The summed E-state index contributed by atoms with van der Waals surface area (Å²) in [7, 11) is 1.72. The minimum atomic E-state index is 0.315. The predicted molar refractivity (Wildman–Crippen MR) is 82.1 cm³/mol. The SMILES string of the molecule is COCCCOCCOCC1(CS)CCCCCC1. The molecule has 0 N–H and O–H groups in total. The number of thiol groups is 1. The molecule has 19 heavy (non-hydrogen) atoms. The van der Waals surface area contributed by atoms with Crippen LogP contribution in [-0.4, -0.2) is 45.9 Å². The van der Waals surface area contributed by atoms with Gasteiger partial charge in [-0.15, -0.1) is 0 Å². The van der Waals surface area contributed by atoms with E-state index in [9.17, 15) is 0 Å². The Hall–Kier alpha value is 0.230. The maximum absolute atomic E-state index is 5.82. The van der Waals surface area contributed by atoms with Crippen molar-refractivity contribution < 1.29 is 14.2 Å². The summed E-state index contributed by atoms with van der Waals surface area (Å²) in [6.45, 7) is 3.76. The summed E-state index contributed by atoms with van der Waals surface area (Å²) >= 11 is 4.55. The van der Waals surface area contributed by atoms with E-state index in [0.717, 1.165) is 32.0 Å². The third-order valence-corrected chi connectivity index (χ3v) is 4.59. The smallest absolute Gasteiger partial charge is 0.0700 e. The van der Waals surface area contributed by atoms with E-state index in [1.165, 1.54) is 38.5 Å². The Balaban J connectivity index is 2.05. The van der Waals surface area contributed by atoms with E-state index in [1.54, 1.807) is 7.11 Å². The predicted octanol–water partition coefficient (Wildman–Crippen LogP) is 3.33. The molecular formula is C15H30O3S. The fraction of sp³-hybridized carbons (Fsp3) is 1.00. The Bertz CT molecular complexity index is 204. The van der Waals surface area contributed by atoms with Crippen LogP contribution in [0.25, 0.3) is 0 Å². The molecule has 1 rings (SSSR count). The van der Waals surface area contributed by atoms with Crippen LogP contribution in [0.4, 0.5) is 0 Å². The second-order valence-corrected chi connectivity index (χ2v) is 5.90. The number of hydrogen-bond donors (Lipinski definition) is 1. The zero-order valence-electron chi connectivity index (χ0n) is 12.4. The van der Waals surface area contributed by atoms with E-state index in [2.05, 4.69) is 12.6 Å². The molecule has 0 atom stereocenters. The van der Waals surface area contributed by atoms with Crippen LogP contribution in [0, 0.1) is 5.41 Å². The van der Waals surface area contributed by atoms with Gasteiger partial charge in [-0.1, -0.05) is 25.7 Å². The molecule has 1 fully saturated rings. The minimum absolute atomic E-state index is 0.315. The van der Waals surface area contributed by atoms with Crippen LogP contribution >= 0.6 is 12.6 Å². The molecule has 1 saturated carbocycles. The Kier molecular flexibility index (Phi) is 9.96. The molecule has 114 valence electrons. The summed E-state index contributed by atoms with van der Waals surface area (Å²) in [5.41, 5.74) is 0.315. The van der Waals surface area contributed by atoms with Crippen LogP contribution < -0.4 is 0 Å². The highest BCUT2D eigenvalue weighted by molar-refractivity contribution is 7.80. The zero-order chi connectivity index (χ0) is 13.8. The Morgan fingerprint density at radius 3 is 2.21 bits per heavy atom. The number of ether oxygens (including phenoxy) is 3. The number of hydrogen-bond acceptors (Lipinski definition) is 4. The topological polar surface area (TPSA) is 27.7 Å². The second-order valence-electron chi connectivity index (χ2n) is 5.58. The molecule has 0 heterocycles. The van der Waals surface area contributed by atoms with Crippen LogP contribution in [0.15, 0.2) is 0 Å². The van der Waals surface area contributed by atoms with E-state index in [0.29, 0.717) is 18.6 Å². The van der Waals surface area contributed by atoms with Crippen molar-refractivity contribution >= 4 is 12.6 Å². The first-order chi connectivity index (χ1) is 9.33. The van der Waals surface area contributed by atoms with Gasteiger partial charge < -0.3 is 14.2 Å². The van der Waals surface area contributed by atoms with Crippen molar-refractivity contribution in [2.75, 3.05) is 45.9 Å². The van der Waals surface area contributed by atoms with Gasteiger partial charge in [-0.05, 0) is 25.0 Å². The van der Waals surface area contributed by atoms with Gasteiger partial charge in [-0.25, -0.2) is 0 Å². The normalized spacial score (nSPS) is 19.3. The first kappa shape index (κ1) is 17.3. The van der Waals surface area contributed by atoms with Crippen LogP contribution in [-0.2, 0) is 14.2 Å². The number of rotatable bonds is 10. The van der Waals surface area contributed by atoms with Crippen molar-refractivity contribution in [3.63, 3.8) is 0 Å². The summed E-state index contributed by atoms with van der Waals surface area (Å²) in [6.07, 6.45) is 8.90. The molecular weight excluding hydrogens is 260 g/mol. The lowest BCUT2D eigenvalue weighted by atomic mass is 9.83. The van der Waals surface area contributed by atoms with E-state index < -0.39 is 0 Å². The highest BCUT2D eigenvalue weighted by Crippen LogP contribution is 2.36. The average Bonchev–Trinajstić information content (AvgIpc) is 2.68. The first-order valence-corrected chi connectivity index (χ1v) is 8.21. The second kappa shape index (κ2) is 11.0. The molecule has 0 aromatic heterocycles. The lowest BCUT2D eigenvalue weighted by Gasteiger charge is -2.30. The van der Waals surface area contributed by atoms with Gasteiger partial charge in [0, 0.05) is 25.7 Å². The third-order valence-electron chi connectivity index (χ3n) is 3.92. The summed E-state index contributed by atoms with van der Waals surface area (Å²) in [5, 5.41) is 0. The summed E-state index contributed by atoms with van der Waals surface area (Å²) in [5.74, 6) is 0.946. The molecule has 1 aliphatic rings. The standard InChI is InChI=1S/C15H30O3S/c1-16-9-6-10-17-11-12-18-13-15(14-19)7-4-2-3-5-8-15/h19H,2-14H2,1H3. The van der Waals surface area contributed by atoms with Crippen LogP contribution in [0.1, 0.15) is 44.9 Å². The van der Waals surface area contributed by atoms with Crippen molar-refractivity contribution in [2.24, 2.45) is 5.41 Å². The van der Waals surface area contributed by atoms with Crippen molar-refractivity contribution in [2.45, 2.75) is 44.9 Å². The van der Waals surface area contributed by atoms with Crippen LogP contribution in [0.3, 0.4) is 0 Å². The molecule has 0 amide bonds. The van der Waals surface area contributed by atoms with Crippen molar-refractivity contribution in [1.29, 1.82) is 0 Å². The van der Waals surface area contributed by atoms with Crippen molar-refractivity contribution in [3.05, 3.63) is 0 Å². The van der Waals surface area contributed by atoms with Crippen molar-refractivity contribution in [1.82, 2.24) is 0 Å². The largest absolute Gasteiger partial charge is 0.385 e. The van der Waals surface area contributed by atoms with Gasteiger partial charge in [0.2, 0.25) is 0 Å². The van der Waals surface area contributed by atoms with Gasteiger partial charge in [0.25, 0.3) is 0 Å². The van der Waals surface area contributed by atoms with E-state index in [-0.39, 0.29) is 0 Å². The Morgan fingerprint density at radius 2 is 1.58 bits per heavy atom. The zero-order valence-corrected chi connectivity index (χ0v) is 13.3. The van der Waals surface area contributed by atoms with Gasteiger partial charge in [0.05, 0.1) is 19.8 Å². The summed E-state index contributed by atoms with van der Waals surface area (Å²) < 4.78 is 16.3. The highest BCUT2D eigenvalue weighted by Gasteiger charge is 2.29.